The summed E-state index contributed by atoms with van der Waals surface area (Å²) >= 11 is -7.63. The van der Waals surface area contributed by atoms with Gasteiger partial charge in [-0.25, -0.2) is 0 Å². The van der Waals surface area contributed by atoms with Crippen LogP contribution in [-0.4, -0.2) is 32.7 Å². The summed E-state index contributed by atoms with van der Waals surface area (Å²) in [5.74, 6) is 0. The van der Waals surface area contributed by atoms with Crippen LogP contribution in [-0.2, 0) is 0 Å². The van der Waals surface area contributed by atoms with Crippen LogP contribution in [0.4, 0.5) is 16.9 Å². The predicted octanol–water partition coefficient (Wildman–Crippen LogP) is 4.44. The van der Waals surface area contributed by atoms with E-state index in [4.69, 9.17) is 0 Å². The van der Waals surface area contributed by atoms with E-state index in [1.54, 1.807) is 0 Å². The van der Waals surface area contributed by atoms with Crippen molar-refractivity contribution >= 4 is 59.0 Å². The van der Waals surface area contributed by atoms with Gasteiger partial charge in [0.1, 0.15) is 0 Å². The fraction of sp³-hybridized carbons (Fsp3) is 0. The van der Waals surface area contributed by atoms with Crippen LogP contribution in [0.5, 0.6) is 0 Å². The Morgan fingerprint density at radius 1 is 0.941 bits per heavy atom. The Hall–Kier alpha value is 0.631. The number of hydrogen-bond donors (Lipinski definition) is 0. The van der Waals surface area contributed by atoms with Gasteiger partial charge in [-0.05, 0) is 5.56 Å². The zero-order valence-corrected chi connectivity index (χ0v) is 16.1. The molecule has 0 radical (unpaired) electrons. The molecule has 0 unspecified atom stereocenters. The van der Waals surface area contributed by atoms with Gasteiger partial charge in [-0.15, -0.1) is 0 Å². The molecule has 0 aliphatic heterocycles. The van der Waals surface area contributed by atoms with Crippen molar-refractivity contribution in [3.63, 3.8) is 0 Å². The minimum absolute atomic E-state index is 1.17. The van der Waals surface area contributed by atoms with Crippen molar-refractivity contribution in [2.45, 2.75) is 0 Å². The van der Waals surface area contributed by atoms with Crippen LogP contribution in [0.1, 0.15) is 5.56 Å². The first-order chi connectivity index (χ1) is 7.38. The topological polar surface area (TPSA) is 0 Å². The van der Waals surface area contributed by atoms with Gasteiger partial charge in [0.2, 0.25) is 0 Å². The van der Waals surface area contributed by atoms with E-state index in [2.05, 4.69) is 26.8 Å². The molecule has 0 bridgehead atoms. The molecule has 0 aromatic heterocycles. The average Bonchev–Trinajstić information content (AvgIpc) is 2.17. The Labute approximate surface area is 117 Å². The normalized spacial score (nSPS) is 13.8. The monoisotopic (exact) mass is 542 g/mol. The fourth-order valence-electron chi connectivity index (χ4n) is 0.589. The minimum atomic E-state index is -11.2. The summed E-state index contributed by atoms with van der Waals surface area (Å²) < 4.78 is 59.6. The molecule has 17 heavy (non-hydrogen) atoms. The van der Waals surface area contributed by atoms with Crippen molar-refractivity contribution < 1.29 is 16.9 Å². The quantitative estimate of drug-likeness (QED) is 0.280. The van der Waals surface area contributed by atoms with E-state index in [9.17, 15) is 16.9 Å². The average molecular weight is 541 g/mol. The second-order valence-corrected chi connectivity index (χ2v) is 8.04. The SMILES string of the molecule is C=Cc1ccccc1.[F][Sb-]([F])([F])([F])([F])[F].[GeH2+][I]. The van der Waals surface area contributed by atoms with Gasteiger partial charge in [0, 0.05) is 0 Å². The zero-order chi connectivity index (χ0) is 14.2. The second-order valence-electron chi connectivity index (χ2n) is 2.57. The Kier molecular flexibility index (Phi) is 7.86. The van der Waals surface area contributed by atoms with Crippen LogP contribution in [0, 0.1) is 0 Å². The molecule has 0 spiro atoms. The van der Waals surface area contributed by atoms with Gasteiger partial charge < -0.3 is 0 Å². The van der Waals surface area contributed by atoms with E-state index in [0.717, 1.165) is 0 Å². The summed E-state index contributed by atoms with van der Waals surface area (Å²) in [7, 11) is 0. The molecule has 0 N–H and O–H groups in total. The van der Waals surface area contributed by atoms with Crippen LogP contribution < -0.4 is 0 Å². The van der Waals surface area contributed by atoms with E-state index in [1.165, 1.54) is 18.8 Å². The van der Waals surface area contributed by atoms with Gasteiger partial charge in [0.15, 0.2) is 0 Å². The standard InChI is InChI=1S/C8H8.6FH.GeH2I.Sb/c1-2-8-6-4-3-5-7-8;;;;;;;1-2;/h2-7H,1H2;6*1H;1H2;/q;;;;;;;+1;+5/p-6. The first kappa shape index (κ1) is 20.0. The molecule has 0 nitrogen and oxygen atoms in total. The molecule has 1 aromatic rings. The van der Waals surface area contributed by atoms with E-state index >= 15 is 0 Å². The fourth-order valence-corrected chi connectivity index (χ4v) is 0.589. The molecule has 0 saturated carbocycles. The number of hydrogen-bond acceptors (Lipinski definition) is 0. The van der Waals surface area contributed by atoms with Crippen molar-refractivity contribution in [2.75, 3.05) is 0 Å². The molecule has 0 fully saturated rings. The number of halogens is 7. The molecule has 0 atom stereocenters. The van der Waals surface area contributed by atoms with Crippen LogP contribution in [0.3, 0.4) is 0 Å². The summed E-state index contributed by atoms with van der Waals surface area (Å²) in [6.07, 6.45) is 1.83. The molecule has 1 rings (SSSR count). The van der Waals surface area contributed by atoms with Crippen LogP contribution in [0.25, 0.3) is 6.08 Å². The third-order valence-electron chi connectivity index (χ3n) is 1.04. The maximum atomic E-state index is 9.93. The molecule has 100 valence electrons. The van der Waals surface area contributed by atoms with Gasteiger partial charge in [0.25, 0.3) is 0 Å². The van der Waals surface area contributed by atoms with Crippen molar-refractivity contribution in [2.24, 2.45) is 0 Å². The van der Waals surface area contributed by atoms with Crippen molar-refractivity contribution in [1.29, 1.82) is 0 Å². The molecule has 0 amide bonds. The van der Waals surface area contributed by atoms with Crippen molar-refractivity contribution in [1.82, 2.24) is 0 Å². The molecular formula is C8H10F6GeISb. The molecule has 0 heterocycles. The van der Waals surface area contributed by atoms with E-state index < -0.39 is 19.5 Å². The Balaban J connectivity index is 0. The maximum absolute atomic E-state index is 11.2. The summed E-state index contributed by atoms with van der Waals surface area (Å²) in [5.41, 5.74) is 1.17. The molecule has 0 aliphatic carbocycles. The van der Waals surface area contributed by atoms with Crippen LogP contribution in [0.2, 0.25) is 0 Å². The van der Waals surface area contributed by atoms with Gasteiger partial charge in [-0.3, -0.25) is 0 Å². The molecule has 1 aromatic carbocycles. The van der Waals surface area contributed by atoms with Crippen LogP contribution in [0.15, 0.2) is 36.9 Å². The summed E-state index contributed by atoms with van der Waals surface area (Å²) in [6.45, 7) is 3.63. The first-order valence-corrected chi connectivity index (χ1v) is 18.7. The summed E-state index contributed by atoms with van der Waals surface area (Å²) in [6, 6.07) is 10.0. The second kappa shape index (κ2) is 6.70. The van der Waals surface area contributed by atoms with E-state index in [-0.39, 0.29) is 0 Å². The number of benzene rings is 1. The third kappa shape index (κ3) is 31.5. The predicted molar refractivity (Wildman–Crippen MR) is 71.5 cm³/mol. The zero-order valence-electron chi connectivity index (χ0n) is 8.47. The van der Waals surface area contributed by atoms with Gasteiger partial charge in [-0.2, -0.15) is 0 Å². The Morgan fingerprint density at radius 2 is 1.24 bits per heavy atom. The van der Waals surface area contributed by atoms with Crippen molar-refractivity contribution in [3.8, 4) is 0 Å². The third-order valence-corrected chi connectivity index (χ3v) is 1.04. The molecule has 0 saturated heterocycles. The first-order valence-electron chi connectivity index (χ1n) is 3.89. The van der Waals surface area contributed by atoms with Crippen molar-refractivity contribution in [3.05, 3.63) is 42.5 Å². The Morgan fingerprint density at radius 3 is 1.41 bits per heavy atom. The summed E-state index contributed by atoms with van der Waals surface area (Å²) in [5, 5.41) is 0. The van der Waals surface area contributed by atoms with Gasteiger partial charge >= 0.3 is 69.8 Å². The Bertz CT molecular complexity index is 323. The summed E-state index contributed by atoms with van der Waals surface area (Å²) in [4.78, 5) is 0. The van der Waals surface area contributed by atoms with Gasteiger partial charge in [-0.1, -0.05) is 43.0 Å². The van der Waals surface area contributed by atoms with Gasteiger partial charge in [0.05, 0.1) is 0 Å². The molecular weight excluding hydrogens is 531 g/mol. The molecule has 9 heteroatoms. The van der Waals surface area contributed by atoms with E-state index in [1.807, 2.05) is 36.4 Å². The molecule has 0 aliphatic rings. The van der Waals surface area contributed by atoms with Crippen LogP contribution >= 0.6 is 20.2 Å². The van der Waals surface area contributed by atoms with E-state index in [0.29, 0.717) is 0 Å². The number of rotatable bonds is 1.